The van der Waals surface area contributed by atoms with E-state index in [0.29, 0.717) is 47.3 Å². The maximum absolute atomic E-state index is 10.8. The molecule has 0 aliphatic heterocycles. The highest BCUT2D eigenvalue weighted by Gasteiger charge is 2.05. The summed E-state index contributed by atoms with van der Waals surface area (Å²) in [5.41, 5.74) is 1.04. The first kappa shape index (κ1) is 19.1. The Bertz CT molecular complexity index is 716. The van der Waals surface area contributed by atoms with E-state index in [0.717, 1.165) is 12.6 Å². The predicted octanol–water partition coefficient (Wildman–Crippen LogP) is 3.34. The summed E-state index contributed by atoms with van der Waals surface area (Å²) in [7, 11) is 3.04. The van der Waals surface area contributed by atoms with Crippen LogP contribution in [-0.4, -0.2) is 40.0 Å². The smallest absolute Gasteiger partial charge is 0.161 e. The number of carbonyl (C=O) groups excluding carboxylic acids is 2. The van der Waals surface area contributed by atoms with Gasteiger partial charge in [0.25, 0.3) is 0 Å². The van der Waals surface area contributed by atoms with Crippen molar-refractivity contribution in [2.24, 2.45) is 0 Å². The van der Waals surface area contributed by atoms with E-state index < -0.39 is 0 Å². The first-order valence-corrected chi connectivity index (χ1v) is 7.88. The van der Waals surface area contributed by atoms with Gasteiger partial charge in [0.05, 0.1) is 14.2 Å². The van der Waals surface area contributed by atoms with Crippen LogP contribution in [0.5, 0.6) is 23.0 Å². The predicted molar refractivity (Wildman–Crippen MR) is 96.9 cm³/mol. The molecule has 0 heterocycles. The van der Waals surface area contributed by atoms with E-state index in [4.69, 9.17) is 18.9 Å². The van der Waals surface area contributed by atoms with Gasteiger partial charge >= 0.3 is 0 Å². The number of carbonyl (C=O) groups is 2. The van der Waals surface area contributed by atoms with Gasteiger partial charge in [-0.3, -0.25) is 9.59 Å². The molecule has 0 radical (unpaired) electrons. The molecule has 0 unspecified atom stereocenters. The van der Waals surface area contributed by atoms with Crippen molar-refractivity contribution < 1.29 is 28.5 Å². The number of benzene rings is 2. The Morgan fingerprint density at radius 1 is 0.692 bits per heavy atom. The van der Waals surface area contributed by atoms with E-state index in [1.165, 1.54) is 14.2 Å². The van der Waals surface area contributed by atoms with Crippen molar-refractivity contribution in [3.8, 4) is 23.0 Å². The third kappa shape index (κ3) is 5.11. The fourth-order valence-electron chi connectivity index (χ4n) is 2.17. The highest BCUT2D eigenvalue weighted by atomic mass is 16.5. The fourth-order valence-corrected chi connectivity index (χ4v) is 2.17. The lowest BCUT2D eigenvalue weighted by Gasteiger charge is -2.10. The van der Waals surface area contributed by atoms with Gasteiger partial charge in [0.15, 0.2) is 23.0 Å². The van der Waals surface area contributed by atoms with Crippen LogP contribution in [0.25, 0.3) is 0 Å². The molecule has 0 saturated heterocycles. The van der Waals surface area contributed by atoms with E-state index in [1.54, 1.807) is 48.6 Å². The zero-order valence-electron chi connectivity index (χ0n) is 14.6. The number of rotatable bonds is 10. The average molecular weight is 356 g/mol. The van der Waals surface area contributed by atoms with Crippen molar-refractivity contribution >= 4 is 12.6 Å². The SMILES string of the molecule is COc1cc(C=O)ccc1OCC=CCOc1ccc(C=O)cc1OC. The molecule has 0 atom stereocenters. The molecular weight excluding hydrogens is 336 g/mol. The van der Waals surface area contributed by atoms with Crippen molar-refractivity contribution in [3.63, 3.8) is 0 Å². The van der Waals surface area contributed by atoms with E-state index in [9.17, 15) is 9.59 Å². The van der Waals surface area contributed by atoms with E-state index in [2.05, 4.69) is 0 Å². The molecule has 0 amide bonds. The summed E-state index contributed by atoms with van der Waals surface area (Å²) < 4.78 is 21.6. The summed E-state index contributed by atoms with van der Waals surface area (Å²) in [6.07, 6.45) is 5.11. The van der Waals surface area contributed by atoms with Gasteiger partial charge in [0.2, 0.25) is 0 Å². The van der Waals surface area contributed by atoms with Crippen LogP contribution in [0.15, 0.2) is 48.6 Å². The number of aldehydes is 2. The fraction of sp³-hybridized carbons (Fsp3) is 0.200. The lowest BCUT2D eigenvalue weighted by atomic mass is 10.2. The van der Waals surface area contributed by atoms with Crippen LogP contribution in [0, 0.1) is 0 Å². The van der Waals surface area contributed by atoms with Gasteiger partial charge in [-0.15, -0.1) is 0 Å². The quantitative estimate of drug-likeness (QED) is 0.480. The summed E-state index contributed by atoms with van der Waals surface area (Å²) in [6.45, 7) is 0.642. The van der Waals surface area contributed by atoms with Gasteiger partial charge in [-0.2, -0.15) is 0 Å². The van der Waals surface area contributed by atoms with Crippen molar-refractivity contribution in [2.45, 2.75) is 0 Å². The summed E-state index contributed by atoms with van der Waals surface area (Å²) in [4.78, 5) is 21.5. The van der Waals surface area contributed by atoms with Gasteiger partial charge in [-0.1, -0.05) is 0 Å². The van der Waals surface area contributed by atoms with Gasteiger partial charge in [-0.25, -0.2) is 0 Å². The molecular formula is C20H20O6. The van der Waals surface area contributed by atoms with Crippen molar-refractivity contribution in [2.75, 3.05) is 27.4 Å². The molecule has 2 rings (SSSR count). The van der Waals surface area contributed by atoms with Gasteiger partial charge in [0.1, 0.15) is 25.8 Å². The monoisotopic (exact) mass is 356 g/mol. The molecule has 0 saturated carbocycles. The number of ether oxygens (including phenoxy) is 4. The molecule has 136 valence electrons. The first-order chi connectivity index (χ1) is 12.7. The lowest BCUT2D eigenvalue weighted by molar-refractivity contribution is 0.111. The molecule has 0 aliphatic carbocycles. The van der Waals surface area contributed by atoms with Crippen LogP contribution in [-0.2, 0) is 0 Å². The van der Waals surface area contributed by atoms with Crippen molar-refractivity contribution in [1.29, 1.82) is 0 Å². The number of hydrogen-bond acceptors (Lipinski definition) is 6. The number of methoxy groups -OCH3 is 2. The minimum atomic E-state index is 0.321. The maximum atomic E-state index is 10.8. The van der Waals surface area contributed by atoms with Crippen LogP contribution in [0.3, 0.4) is 0 Å². The Kier molecular flexibility index (Phi) is 7.24. The third-order valence-corrected chi connectivity index (χ3v) is 3.48. The van der Waals surface area contributed by atoms with Crippen LogP contribution in [0.4, 0.5) is 0 Å². The maximum Gasteiger partial charge on any atom is 0.161 e. The summed E-state index contributed by atoms with van der Waals surface area (Å²) in [5, 5.41) is 0. The largest absolute Gasteiger partial charge is 0.493 e. The Morgan fingerprint density at radius 3 is 1.46 bits per heavy atom. The van der Waals surface area contributed by atoms with E-state index in [1.807, 2.05) is 0 Å². The van der Waals surface area contributed by atoms with Crippen LogP contribution in [0.1, 0.15) is 20.7 Å². The first-order valence-electron chi connectivity index (χ1n) is 7.88. The van der Waals surface area contributed by atoms with Gasteiger partial charge < -0.3 is 18.9 Å². The molecule has 2 aromatic carbocycles. The summed E-state index contributed by atoms with van der Waals surface area (Å²) >= 11 is 0. The Labute approximate surface area is 151 Å². The molecule has 0 aromatic heterocycles. The highest BCUT2D eigenvalue weighted by molar-refractivity contribution is 5.76. The highest BCUT2D eigenvalue weighted by Crippen LogP contribution is 2.28. The van der Waals surface area contributed by atoms with E-state index >= 15 is 0 Å². The minimum absolute atomic E-state index is 0.321. The molecule has 26 heavy (non-hydrogen) atoms. The molecule has 0 fully saturated rings. The Hall–Kier alpha value is -3.28. The number of hydrogen-bond donors (Lipinski definition) is 0. The minimum Gasteiger partial charge on any atom is -0.493 e. The normalized spacial score (nSPS) is 10.4. The molecule has 2 aromatic rings. The second-order valence-corrected chi connectivity index (χ2v) is 5.15. The molecule has 0 spiro atoms. The van der Waals surface area contributed by atoms with Gasteiger partial charge in [-0.05, 0) is 48.6 Å². The zero-order chi connectivity index (χ0) is 18.8. The van der Waals surface area contributed by atoms with Crippen molar-refractivity contribution in [1.82, 2.24) is 0 Å². The zero-order valence-corrected chi connectivity index (χ0v) is 14.6. The molecule has 6 nitrogen and oxygen atoms in total. The van der Waals surface area contributed by atoms with E-state index in [-0.39, 0.29) is 0 Å². The lowest BCUT2D eigenvalue weighted by Crippen LogP contribution is -2.00. The topological polar surface area (TPSA) is 71.1 Å². The van der Waals surface area contributed by atoms with Crippen LogP contribution >= 0.6 is 0 Å². The van der Waals surface area contributed by atoms with Gasteiger partial charge in [0, 0.05) is 11.1 Å². The van der Waals surface area contributed by atoms with Crippen LogP contribution < -0.4 is 18.9 Å². The standard InChI is InChI=1S/C20H20O6/c1-23-19-11-15(13-21)5-7-17(19)25-9-3-4-10-26-18-8-6-16(14-22)12-20(18)24-2/h3-8,11-14H,9-10H2,1-2H3. The molecule has 0 bridgehead atoms. The third-order valence-electron chi connectivity index (χ3n) is 3.48. The second-order valence-electron chi connectivity index (χ2n) is 5.15. The molecule has 0 N–H and O–H groups in total. The Morgan fingerprint density at radius 2 is 1.12 bits per heavy atom. The molecule has 6 heteroatoms. The van der Waals surface area contributed by atoms with Crippen LogP contribution in [0.2, 0.25) is 0 Å². The Balaban J connectivity index is 1.85. The molecule has 0 aliphatic rings. The summed E-state index contributed by atoms with van der Waals surface area (Å²) in [5.74, 6) is 2.10. The second kappa shape index (κ2) is 9.88. The van der Waals surface area contributed by atoms with Crippen molar-refractivity contribution in [3.05, 3.63) is 59.7 Å². The summed E-state index contributed by atoms with van der Waals surface area (Å²) in [6, 6.07) is 9.92. The average Bonchev–Trinajstić information content (AvgIpc) is 2.70.